The molecular weight excluding hydrogens is 502 g/mol. The maximum atomic E-state index is 13.0. The topological polar surface area (TPSA) is 126 Å². The van der Waals surface area contributed by atoms with Crippen molar-refractivity contribution in [2.24, 2.45) is 12.5 Å². The number of aromatic nitrogens is 2. The van der Waals surface area contributed by atoms with Gasteiger partial charge in [-0.3, -0.25) is 33.8 Å². The minimum absolute atomic E-state index is 0.196. The fourth-order valence-electron chi connectivity index (χ4n) is 6.46. The van der Waals surface area contributed by atoms with E-state index in [9.17, 15) is 24.3 Å². The van der Waals surface area contributed by atoms with E-state index < -0.39 is 23.6 Å². The molecule has 3 saturated heterocycles. The van der Waals surface area contributed by atoms with Gasteiger partial charge in [-0.05, 0) is 30.0 Å². The van der Waals surface area contributed by atoms with Gasteiger partial charge in [0.1, 0.15) is 11.6 Å². The molecule has 208 valence electrons. The molecule has 0 aliphatic carbocycles. The Hall–Kier alpha value is -3.62. The molecule has 3 fully saturated rings. The zero-order chi connectivity index (χ0) is 28.1. The molecule has 3 atom stereocenters. The predicted octanol–water partition coefficient (Wildman–Crippen LogP) is 1.54. The molecule has 2 aromatic rings. The van der Waals surface area contributed by atoms with E-state index in [2.05, 4.69) is 22.1 Å². The van der Waals surface area contributed by atoms with E-state index in [1.165, 1.54) is 14.0 Å². The van der Waals surface area contributed by atoms with Gasteiger partial charge in [-0.2, -0.15) is 0 Å². The Morgan fingerprint density at radius 1 is 1.21 bits per heavy atom. The number of morpholine rings is 1. The molecule has 3 unspecified atom stereocenters. The van der Waals surface area contributed by atoms with Gasteiger partial charge in [-0.25, -0.2) is 9.59 Å². The molecule has 1 aromatic carbocycles. The Labute approximate surface area is 226 Å². The summed E-state index contributed by atoms with van der Waals surface area (Å²) in [7, 11) is 1.66. The van der Waals surface area contributed by atoms with Crippen molar-refractivity contribution in [1.29, 1.82) is 0 Å². The van der Waals surface area contributed by atoms with E-state index in [4.69, 9.17) is 4.74 Å². The first-order valence-corrected chi connectivity index (χ1v) is 13.3. The number of carboxylic acid groups (broad SMARTS) is 1. The zero-order valence-corrected chi connectivity index (χ0v) is 22.8. The third kappa shape index (κ3) is 4.83. The van der Waals surface area contributed by atoms with Crippen molar-refractivity contribution in [3.63, 3.8) is 0 Å². The van der Waals surface area contributed by atoms with E-state index in [0.717, 1.165) is 18.7 Å². The smallest absolute Gasteiger partial charge is 0.407 e. The predicted molar refractivity (Wildman–Crippen MR) is 143 cm³/mol. The summed E-state index contributed by atoms with van der Waals surface area (Å²) < 4.78 is 9.15. The Bertz CT molecular complexity index is 1460. The zero-order valence-electron chi connectivity index (χ0n) is 22.8. The van der Waals surface area contributed by atoms with Crippen LogP contribution in [0.4, 0.5) is 4.79 Å². The lowest BCUT2D eigenvalue weighted by molar-refractivity contribution is -0.232. The van der Waals surface area contributed by atoms with Gasteiger partial charge in [0.2, 0.25) is 11.8 Å². The van der Waals surface area contributed by atoms with Crippen LogP contribution >= 0.6 is 0 Å². The molecular formula is C28H35N5O6. The van der Waals surface area contributed by atoms with Crippen LogP contribution in [0.2, 0.25) is 0 Å². The highest BCUT2D eigenvalue weighted by Crippen LogP contribution is 2.45. The Balaban J connectivity index is 1.27. The van der Waals surface area contributed by atoms with Crippen molar-refractivity contribution in [2.75, 3.05) is 32.8 Å². The molecule has 3 aliphatic rings. The van der Waals surface area contributed by atoms with Gasteiger partial charge in [0, 0.05) is 45.1 Å². The second-order valence-corrected chi connectivity index (χ2v) is 11.8. The number of hydrogen-bond donors (Lipinski definition) is 2. The molecule has 0 bridgehead atoms. The number of carbonyl (C=O) groups excluding carboxylic acids is 2. The molecule has 0 radical (unpaired) electrons. The summed E-state index contributed by atoms with van der Waals surface area (Å²) in [6.45, 7) is 9.27. The lowest BCUT2D eigenvalue weighted by Gasteiger charge is -2.62. The number of amides is 3. The number of likely N-dealkylation sites (tertiary alicyclic amines) is 1. The quantitative estimate of drug-likeness (QED) is 0.449. The van der Waals surface area contributed by atoms with Gasteiger partial charge < -0.3 is 9.84 Å². The largest absolute Gasteiger partial charge is 0.465 e. The molecule has 11 heteroatoms. The van der Waals surface area contributed by atoms with Crippen LogP contribution in [0.3, 0.4) is 0 Å². The molecule has 11 nitrogen and oxygen atoms in total. The molecule has 1 spiro atoms. The fraction of sp³-hybridized carbons (Fsp3) is 0.571. The number of imidazole rings is 1. The van der Waals surface area contributed by atoms with Crippen molar-refractivity contribution in [3.05, 3.63) is 34.2 Å². The van der Waals surface area contributed by atoms with E-state index in [0.29, 0.717) is 43.6 Å². The normalized spacial score (nSPS) is 25.8. The second kappa shape index (κ2) is 9.84. The molecule has 2 N–H and O–H groups in total. The number of nitrogens with one attached hydrogen (secondary N) is 1. The maximum absolute atomic E-state index is 13.0. The lowest BCUT2D eigenvalue weighted by Crippen LogP contribution is -2.80. The molecule has 3 aliphatic heterocycles. The summed E-state index contributed by atoms with van der Waals surface area (Å²) in [5.74, 6) is 5.64. The van der Waals surface area contributed by atoms with Gasteiger partial charge in [-0.15, -0.1) is 0 Å². The Kier molecular flexibility index (Phi) is 6.81. The minimum Gasteiger partial charge on any atom is -0.465 e. The van der Waals surface area contributed by atoms with E-state index in [-0.39, 0.29) is 29.5 Å². The summed E-state index contributed by atoms with van der Waals surface area (Å²) in [6.07, 6.45) is 0.211. The van der Waals surface area contributed by atoms with Gasteiger partial charge in [0.25, 0.3) is 0 Å². The third-order valence-electron chi connectivity index (χ3n) is 8.00. The van der Waals surface area contributed by atoms with E-state index >= 15 is 0 Å². The molecule has 1 aromatic heterocycles. The number of hydrogen-bond acceptors (Lipinski definition) is 6. The lowest BCUT2D eigenvalue weighted by atomic mass is 9.68. The Morgan fingerprint density at radius 2 is 1.97 bits per heavy atom. The van der Waals surface area contributed by atoms with Crippen molar-refractivity contribution < 1.29 is 24.2 Å². The first-order chi connectivity index (χ1) is 18.4. The number of aryl methyl sites for hydroxylation is 1. The number of benzene rings is 1. The summed E-state index contributed by atoms with van der Waals surface area (Å²) in [5.41, 5.74) is 1.03. The number of carbonyl (C=O) groups is 3. The van der Waals surface area contributed by atoms with Crippen LogP contribution in [-0.2, 0) is 21.4 Å². The summed E-state index contributed by atoms with van der Waals surface area (Å²) in [5, 5.41) is 11.9. The number of imide groups is 1. The highest BCUT2D eigenvalue weighted by molar-refractivity contribution is 6.00. The van der Waals surface area contributed by atoms with Gasteiger partial charge in [-0.1, -0.05) is 32.6 Å². The van der Waals surface area contributed by atoms with Crippen molar-refractivity contribution in [2.45, 2.75) is 57.7 Å². The minimum atomic E-state index is -0.908. The summed E-state index contributed by atoms with van der Waals surface area (Å²) in [4.78, 5) is 52.4. The van der Waals surface area contributed by atoms with Crippen LogP contribution in [0.5, 0.6) is 0 Å². The molecule has 3 amide bonds. The van der Waals surface area contributed by atoms with Crippen molar-refractivity contribution in [3.8, 4) is 11.8 Å². The average Bonchev–Trinajstić information content (AvgIpc) is 3.09. The average molecular weight is 538 g/mol. The Morgan fingerprint density at radius 3 is 2.67 bits per heavy atom. The first-order valence-electron chi connectivity index (χ1n) is 13.3. The number of ether oxygens (including phenoxy) is 1. The van der Waals surface area contributed by atoms with Crippen LogP contribution in [0.25, 0.3) is 11.0 Å². The standard InChI is InChI=1S/C28H35N5O6/c1-27(2,3)24-28(17-32(24)26(37)38)16-31(13-14-39-28)12-6-5-7-18-8-9-19-21(15-18)30(4)25(36)33(19)20-10-11-22(34)29-23(20)35/h8-9,15,20,24H,6,10-14,16-17H2,1-4H3,(H,37,38)(H,29,34,35). The highest BCUT2D eigenvalue weighted by atomic mass is 16.5. The molecule has 0 saturated carbocycles. The van der Waals surface area contributed by atoms with Crippen LogP contribution in [0.15, 0.2) is 23.0 Å². The van der Waals surface area contributed by atoms with Crippen LogP contribution in [0, 0.1) is 17.3 Å². The van der Waals surface area contributed by atoms with Crippen LogP contribution in [-0.4, -0.2) is 86.4 Å². The third-order valence-corrected chi connectivity index (χ3v) is 8.00. The SMILES string of the molecule is Cn1c(=O)n(C2CCC(=O)NC2=O)c2ccc(C#CCCN3CCOC4(C3)CN(C(=O)O)C4C(C)(C)C)cc21. The molecule has 4 heterocycles. The second-order valence-electron chi connectivity index (χ2n) is 11.8. The van der Waals surface area contributed by atoms with Crippen molar-refractivity contribution in [1.82, 2.24) is 24.3 Å². The van der Waals surface area contributed by atoms with Crippen LogP contribution in [0.1, 0.15) is 51.6 Å². The number of fused-ring (bicyclic) bond motifs is 1. The fourth-order valence-corrected chi connectivity index (χ4v) is 6.46. The van der Waals surface area contributed by atoms with Gasteiger partial charge >= 0.3 is 11.8 Å². The van der Waals surface area contributed by atoms with E-state index in [1.54, 1.807) is 13.1 Å². The van der Waals surface area contributed by atoms with Crippen LogP contribution < -0.4 is 11.0 Å². The molecule has 39 heavy (non-hydrogen) atoms. The number of piperidine rings is 1. The first kappa shape index (κ1) is 27.0. The van der Waals surface area contributed by atoms with Gasteiger partial charge in [0.05, 0.1) is 30.2 Å². The van der Waals surface area contributed by atoms with Gasteiger partial charge in [0.15, 0.2) is 0 Å². The highest BCUT2D eigenvalue weighted by Gasteiger charge is 2.61. The van der Waals surface area contributed by atoms with Crippen molar-refractivity contribution >= 4 is 28.9 Å². The van der Waals surface area contributed by atoms with E-state index in [1.807, 2.05) is 32.9 Å². The summed E-state index contributed by atoms with van der Waals surface area (Å²) in [6, 6.07) is 4.56. The monoisotopic (exact) mass is 537 g/mol. The maximum Gasteiger partial charge on any atom is 0.407 e. The summed E-state index contributed by atoms with van der Waals surface area (Å²) >= 11 is 0. The molecule has 5 rings (SSSR count). The number of rotatable bonds is 3. The number of nitrogens with zero attached hydrogens (tertiary/aromatic N) is 4.